The lowest BCUT2D eigenvalue weighted by molar-refractivity contribution is 0.471. The quantitative estimate of drug-likeness (QED) is 0.468. The Morgan fingerprint density at radius 2 is 2.06 bits per heavy atom. The molecule has 0 saturated heterocycles. The minimum absolute atomic E-state index is 0.148. The summed E-state index contributed by atoms with van der Waals surface area (Å²) in [6.45, 7) is 0. The van der Waals surface area contributed by atoms with Crippen LogP contribution in [0.25, 0.3) is 5.76 Å². The molecule has 16 heavy (non-hydrogen) atoms. The van der Waals surface area contributed by atoms with Gasteiger partial charge in [0, 0.05) is 11.0 Å². The average molecular weight is 255 g/mol. The molecule has 1 aromatic rings. The zero-order chi connectivity index (χ0) is 12.0. The summed E-state index contributed by atoms with van der Waals surface area (Å²) in [5.41, 5.74) is 0.607. The fourth-order valence-electron chi connectivity index (χ4n) is 0.981. The molecule has 0 heterocycles. The summed E-state index contributed by atoms with van der Waals surface area (Å²) in [4.78, 5) is 0. The Labute approximate surface area is 98.7 Å². The van der Waals surface area contributed by atoms with Crippen LogP contribution in [-0.2, 0) is 14.3 Å². The fourth-order valence-corrected chi connectivity index (χ4v) is 1.86. The van der Waals surface area contributed by atoms with Crippen molar-refractivity contribution in [1.29, 1.82) is 5.26 Å². The monoisotopic (exact) mass is 255 g/mol. The van der Waals surface area contributed by atoms with Gasteiger partial charge in [-0.15, -0.1) is 0 Å². The highest BCUT2D eigenvalue weighted by Crippen LogP contribution is 2.21. The molecular weight excluding hydrogens is 246 g/mol. The summed E-state index contributed by atoms with van der Waals surface area (Å²) in [5, 5.41) is 11.6. The molecule has 0 N–H and O–H groups in total. The van der Waals surface area contributed by atoms with E-state index in [0.29, 0.717) is 5.56 Å². The fraction of sp³-hybridized carbons (Fsp3) is 0.100. The van der Waals surface area contributed by atoms with Crippen molar-refractivity contribution in [2.45, 2.75) is 0 Å². The lowest BCUT2D eigenvalue weighted by atomic mass is 10.2. The van der Waals surface area contributed by atoms with Gasteiger partial charge in [-0.2, -0.15) is 13.7 Å². The van der Waals surface area contributed by atoms with Crippen molar-refractivity contribution in [3.8, 4) is 5.40 Å². The van der Waals surface area contributed by atoms with E-state index in [4.69, 9.17) is 9.44 Å². The summed E-state index contributed by atoms with van der Waals surface area (Å²) in [5.74, 6) is 0.148. The van der Waals surface area contributed by atoms with Crippen molar-refractivity contribution in [3.63, 3.8) is 0 Å². The number of thioether (sulfide) groups is 1. The van der Waals surface area contributed by atoms with E-state index in [9.17, 15) is 8.42 Å². The van der Waals surface area contributed by atoms with Crippen LogP contribution < -0.4 is 0 Å². The minimum atomic E-state index is -3.59. The highest BCUT2D eigenvalue weighted by molar-refractivity contribution is 8.06. The highest BCUT2D eigenvalue weighted by atomic mass is 32.2. The van der Waals surface area contributed by atoms with Crippen molar-refractivity contribution in [3.05, 3.63) is 41.3 Å². The molecule has 4 nitrogen and oxygen atoms in total. The second-order valence-corrected chi connectivity index (χ2v) is 5.07. The molecule has 0 bridgehead atoms. The molecule has 0 radical (unpaired) electrons. The molecule has 1 aromatic carbocycles. The number of hydrogen-bond donors (Lipinski definition) is 0. The molecule has 0 spiro atoms. The smallest absolute Gasteiger partial charge is 0.306 e. The van der Waals surface area contributed by atoms with E-state index in [2.05, 4.69) is 0 Å². The maximum Gasteiger partial charge on any atom is 0.306 e. The standard InChI is InChI=1S/C10H9NO3S2/c1-16(12,13)14-10(7-15-8-11)9-5-3-2-4-6-9/h2-7H,1H3/b10-7-. The Morgan fingerprint density at radius 1 is 1.44 bits per heavy atom. The van der Waals surface area contributed by atoms with Crippen molar-refractivity contribution >= 4 is 27.6 Å². The van der Waals surface area contributed by atoms with Crippen molar-refractivity contribution in [2.75, 3.05) is 6.26 Å². The van der Waals surface area contributed by atoms with Gasteiger partial charge >= 0.3 is 10.1 Å². The van der Waals surface area contributed by atoms with Crippen molar-refractivity contribution in [1.82, 2.24) is 0 Å². The first kappa shape index (κ1) is 12.6. The Kier molecular flexibility index (Phi) is 4.40. The second-order valence-electron chi connectivity index (χ2n) is 2.84. The lowest BCUT2D eigenvalue weighted by Gasteiger charge is -2.06. The average Bonchev–Trinajstić information content (AvgIpc) is 2.24. The van der Waals surface area contributed by atoms with Crippen molar-refractivity contribution in [2.24, 2.45) is 0 Å². The van der Waals surface area contributed by atoms with Crippen LogP contribution in [0.15, 0.2) is 35.7 Å². The summed E-state index contributed by atoms with van der Waals surface area (Å²) in [6, 6.07) is 8.72. The first-order valence-corrected chi connectivity index (χ1v) is 6.92. The van der Waals surface area contributed by atoms with E-state index in [1.54, 1.807) is 30.3 Å². The normalized spacial score (nSPS) is 11.9. The van der Waals surface area contributed by atoms with Crippen LogP contribution >= 0.6 is 11.8 Å². The maximum absolute atomic E-state index is 11.0. The summed E-state index contributed by atoms with van der Waals surface area (Å²) < 4.78 is 26.8. The molecule has 0 aliphatic carbocycles. The van der Waals surface area contributed by atoms with Gasteiger partial charge in [0.05, 0.1) is 6.26 Å². The zero-order valence-electron chi connectivity index (χ0n) is 8.45. The van der Waals surface area contributed by atoms with Gasteiger partial charge in [-0.05, 0) is 11.8 Å². The van der Waals surface area contributed by atoms with E-state index < -0.39 is 10.1 Å². The molecular formula is C10H9NO3S2. The number of benzene rings is 1. The molecule has 0 aliphatic heterocycles. The van der Waals surface area contributed by atoms with E-state index in [0.717, 1.165) is 18.0 Å². The number of hydrogen-bond acceptors (Lipinski definition) is 5. The molecule has 0 unspecified atom stereocenters. The minimum Gasteiger partial charge on any atom is -0.381 e. The SMILES string of the molecule is CS(=O)(=O)O/C(=C\SC#N)c1ccccc1. The third-order valence-corrected chi connectivity index (χ3v) is 2.44. The van der Waals surface area contributed by atoms with Crippen LogP contribution in [0.1, 0.15) is 5.56 Å². The summed E-state index contributed by atoms with van der Waals surface area (Å²) in [6.07, 6.45) is 0.959. The summed E-state index contributed by atoms with van der Waals surface area (Å²) >= 11 is 0.806. The Bertz CT molecular complexity index is 515. The Balaban J connectivity index is 3.03. The van der Waals surface area contributed by atoms with Gasteiger partial charge in [0.2, 0.25) is 0 Å². The molecule has 6 heteroatoms. The van der Waals surface area contributed by atoms with Gasteiger partial charge in [0.25, 0.3) is 0 Å². The molecule has 0 aliphatic rings. The highest BCUT2D eigenvalue weighted by Gasteiger charge is 2.09. The van der Waals surface area contributed by atoms with Gasteiger partial charge in [-0.25, -0.2) is 0 Å². The summed E-state index contributed by atoms with van der Waals surface area (Å²) in [7, 11) is -3.59. The van der Waals surface area contributed by atoms with Crippen LogP contribution in [0.2, 0.25) is 0 Å². The van der Waals surface area contributed by atoms with Gasteiger partial charge in [0.15, 0.2) is 5.76 Å². The van der Waals surface area contributed by atoms with Crippen LogP contribution in [-0.4, -0.2) is 14.7 Å². The van der Waals surface area contributed by atoms with E-state index in [1.807, 2.05) is 5.40 Å². The molecule has 0 aromatic heterocycles. The second kappa shape index (κ2) is 5.58. The molecule has 84 valence electrons. The van der Waals surface area contributed by atoms with Crippen LogP contribution in [0.5, 0.6) is 0 Å². The number of rotatable bonds is 4. The first-order chi connectivity index (χ1) is 7.53. The lowest BCUT2D eigenvalue weighted by Crippen LogP contribution is -2.01. The number of nitrogens with zero attached hydrogens (tertiary/aromatic N) is 1. The van der Waals surface area contributed by atoms with Crippen LogP contribution in [0.3, 0.4) is 0 Å². The maximum atomic E-state index is 11.0. The van der Waals surface area contributed by atoms with Crippen LogP contribution in [0, 0.1) is 10.7 Å². The molecule has 0 atom stereocenters. The van der Waals surface area contributed by atoms with Gasteiger partial charge in [-0.3, -0.25) is 0 Å². The zero-order valence-corrected chi connectivity index (χ0v) is 10.1. The molecule has 0 amide bonds. The first-order valence-electron chi connectivity index (χ1n) is 4.23. The molecule has 0 fully saturated rings. The molecule has 0 saturated carbocycles. The van der Waals surface area contributed by atoms with Crippen LogP contribution in [0.4, 0.5) is 0 Å². The number of thiocyanates is 1. The Hall–Kier alpha value is -1.45. The van der Waals surface area contributed by atoms with Gasteiger partial charge < -0.3 is 4.18 Å². The van der Waals surface area contributed by atoms with E-state index >= 15 is 0 Å². The number of nitriles is 1. The third kappa shape index (κ3) is 4.38. The van der Waals surface area contributed by atoms with Gasteiger partial charge in [0.1, 0.15) is 5.40 Å². The molecule has 1 rings (SSSR count). The Morgan fingerprint density at radius 3 is 2.56 bits per heavy atom. The largest absolute Gasteiger partial charge is 0.381 e. The topological polar surface area (TPSA) is 67.2 Å². The third-order valence-electron chi connectivity index (χ3n) is 1.52. The predicted molar refractivity (Wildman–Crippen MR) is 63.6 cm³/mol. The van der Waals surface area contributed by atoms with Gasteiger partial charge in [-0.1, -0.05) is 30.3 Å². The predicted octanol–water partition coefficient (Wildman–Crippen LogP) is 2.18. The van der Waals surface area contributed by atoms with E-state index in [1.165, 1.54) is 5.41 Å². The van der Waals surface area contributed by atoms with Crippen molar-refractivity contribution < 1.29 is 12.6 Å². The van der Waals surface area contributed by atoms with E-state index in [-0.39, 0.29) is 5.76 Å².